The fourth-order valence-electron chi connectivity index (χ4n) is 1.35. The molecular weight excluding hydrogens is 299 g/mol. The molecule has 0 aliphatic carbocycles. The van der Waals surface area contributed by atoms with Crippen molar-refractivity contribution in [1.29, 1.82) is 0 Å². The molecular formula is C12H11IN2. The Morgan fingerprint density at radius 1 is 1.07 bits per heavy atom. The molecule has 15 heavy (non-hydrogen) atoms. The maximum atomic E-state index is 4.30. The van der Waals surface area contributed by atoms with Gasteiger partial charge in [0, 0.05) is 22.5 Å². The molecule has 0 saturated carbocycles. The molecule has 0 saturated heterocycles. The minimum atomic E-state index is 0.957. The molecule has 2 nitrogen and oxygen atoms in total. The normalized spacial score (nSPS) is 10.0. The highest BCUT2D eigenvalue weighted by atomic mass is 127. The highest BCUT2D eigenvalue weighted by Crippen LogP contribution is 2.21. The number of nitrogens with zero attached hydrogens (tertiary/aromatic N) is 2. The van der Waals surface area contributed by atoms with Crippen molar-refractivity contribution in [2.45, 2.75) is 0 Å². The molecule has 1 aromatic heterocycles. The average molecular weight is 310 g/mol. The zero-order valence-electron chi connectivity index (χ0n) is 8.39. The Balaban J connectivity index is 2.29. The van der Waals surface area contributed by atoms with Gasteiger partial charge in [-0.1, -0.05) is 6.07 Å². The number of rotatable bonds is 2. The summed E-state index contributed by atoms with van der Waals surface area (Å²) in [6, 6.07) is 14.3. The van der Waals surface area contributed by atoms with Crippen LogP contribution in [0.4, 0.5) is 11.5 Å². The van der Waals surface area contributed by atoms with Gasteiger partial charge in [0.1, 0.15) is 5.82 Å². The van der Waals surface area contributed by atoms with Crippen LogP contribution in [0.2, 0.25) is 0 Å². The molecule has 2 aromatic rings. The summed E-state index contributed by atoms with van der Waals surface area (Å²) in [6.07, 6.45) is 1.80. The van der Waals surface area contributed by atoms with Crippen LogP contribution < -0.4 is 4.90 Å². The van der Waals surface area contributed by atoms with Crippen molar-refractivity contribution in [2.75, 3.05) is 11.9 Å². The summed E-state index contributed by atoms with van der Waals surface area (Å²) in [4.78, 5) is 6.37. The van der Waals surface area contributed by atoms with E-state index < -0.39 is 0 Å². The smallest absolute Gasteiger partial charge is 0.132 e. The van der Waals surface area contributed by atoms with Gasteiger partial charge in [0.15, 0.2) is 0 Å². The Morgan fingerprint density at radius 2 is 1.80 bits per heavy atom. The molecule has 0 fully saturated rings. The van der Waals surface area contributed by atoms with E-state index in [0.29, 0.717) is 0 Å². The third-order valence-electron chi connectivity index (χ3n) is 2.21. The van der Waals surface area contributed by atoms with Gasteiger partial charge in [0.2, 0.25) is 0 Å². The Kier molecular flexibility index (Phi) is 3.20. The van der Waals surface area contributed by atoms with E-state index in [1.165, 1.54) is 3.57 Å². The number of anilines is 2. The van der Waals surface area contributed by atoms with E-state index in [1.54, 1.807) is 6.20 Å². The van der Waals surface area contributed by atoms with Crippen molar-refractivity contribution < 1.29 is 0 Å². The van der Waals surface area contributed by atoms with E-state index in [-0.39, 0.29) is 0 Å². The molecule has 1 aromatic carbocycles. The Hall–Kier alpha value is -1.10. The standard InChI is InChI=1S/C12H11IN2/c1-15(12-4-2-3-9-14-12)11-7-5-10(13)6-8-11/h2-9H,1H3. The van der Waals surface area contributed by atoms with Gasteiger partial charge in [-0.25, -0.2) is 4.98 Å². The molecule has 0 N–H and O–H groups in total. The first-order valence-electron chi connectivity index (χ1n) is 4.68. The van der Waals surface area contributed by atoms with E-state index in [0.717, 1.165) is 11.5 Å². The van der Waals surface area contributed by atoms with E-state index >= 15 is 0 Å². The number of halogens is 1. The maximum Gasteiger partial charge on any atom is 0.132 e. The molecule has 0 radical (unpaired) electrons. The van der Waals surface area contributed by atoms with Gasteiger partial charge >= 0.3 is 0 Å². The molecule has 76 valence electrons. The fourth-order valence-corrected chi connectivity index (χ4v) is 1.71. The van der Waals surface area contributed by atoms with Crippen molar-refractivity contribution in [3.63, 3.8) is 0 Å². The van der Waals surface area contributed by atoms with E-state index in [9.17, 15) is 0 Å². The predicted octanol–water partition coefficient (Wildman–Crippen LogP) is 3.45. The van der Waals surface area contributed by atoms with Gasteiger partial charge in [-0.2, -0.15) is 0 Å². The largest absolute Gasteiger partial charge is 0.329 e. The third-order valence-corrected chi connectivity index (χ3v) is 2.93. The zero-order chi connectivity index (χ0) is 10.7. The third kappa shape index (κ3) is 2.47. The van der Waals surface area contributed by atoms with Crippen molar-refractivity contribution in [2.24, 2.45) is 0 Å². The van der Waals surface area contributed by atoms with Gasteiger partial charge in [0.05, 0.1) is 0 Å². The van der Waals surface area contributed by atoms with Crippen LogP contribution in [0, 0.1) is 3.57 Å². The van der Waals surface area contributed by atoms with Crippen LogP contribution in [-0.4, -0.2) is 12.0 Å². The molecule has 0 aliphatic rings. The number of benzene rings is 1. The summed E-state index contributed by atoms with van der Waals surface area (Å²) in [5, 5.41) is 0. The first kappa shape index (κ1) is 10.4. The van der Waals surface area contributed by atoms with Gasteiger partial charge < -0.3 is 4.90 Å². The second-order valence-corrected chi connectivity index (χ2v) is 4.47. The van der Waals surface area contributed by atoms with Gasteiger partial charge in [-0.3, -0.25) is 0 Å². The highest BCUT2D eigenvalue weighted by Gasteiger charge is 2.03. The Labute approximate surface area is 103 Å². The van der Waals surface area contributed by atoms with Gasteiger partial charge in [-0.05, 0) is 59.0 Å². The second-order valence-electron chi connectivity index (χ2n) is 3.22. The molecule has 1 heterocycles. The lowest BCUT2D eigenvalue weighted by atomic mass is 10.3. The van der Waals surface area contributed by atoms with Crippen molar-refractivity contribution in [3.8, 4) is 0 Å². The molecule has 3 heteroatoms. The van der Waals surface area contributed by atoms with E-state index in [4.69, 9.17) is 0 Å². The monoisotopic (exact) mass is 310 g/mol. The summed E-state index contributed by atoms with van der Waals surface area (Å²) < 4.78 is 1.24. The number of pyridine rings is 1. The van der Waals surface area contributed by atoms with Crippen LogP contribution in [0.15, 0.2) is 48.7 Å². The second kappa shape index (κ2) is 4.61. The van der Waals surface area contributed by atoms with Crippen LogP contribution in [0.1, 0.15) is 0 Å². The lowest BCUT2D eigenvalue weighted by Crippen LogP contribution is -2.10. The van der Waals surface area contributed by atoms with Gasteiger partial charge in [-0.15, -0.1) is 0 Å². The van der Waals surface area contributed by atoms with Crippen molar-refractivity contribution in [1.82, 2.24) is 4.98 Å². The van der Waals surface area contributed by atoms with Crippen LogP contribution in [0.5, 0.6) is 0 Å². The minimum absolute atomic E-state index is 0.957. The Morgan fingerprint density at radius 3 is 2.40 bits per heavy atom. The first-order chi connectivity index (χ1) is 7.27. The first-order valence-corrected chi connectivity index (χ1v) is 5.75. The van der Waals surface area contributed by atoms with Crippen LogP contribution in [-0.2, 0) is 0 Å². The summed E-state index contributed by atoms with van der Waals surface area (Å²) in [6.45, 7) is 0. The number of hydrogen-bond donors (Lipinski definition) is 0. The van der Waals surface area contributed by atoms with Crippen LogP contribution in [0.3, 0.4) is 0 Å². The topological polar surface area (TPSA) is 16.1 Å². The molecule has 0 spiro atoms. The summed E-state index contributed by atoms with van der Waals surface area (Å²) in [7, 11) is 2.02. The van der Waals surface area contributed by atoms with Crippen molar-refractivity contribution in [3.05, 3.63) is 52.2 Å². The minimum Gasteiger partial charge on any atom is -0.329 e. The molecule has 0 unspecified atom stereocenters. The lowest BCUT2D eigenvalue weighted by molar-refractivity contribution is 1.13. The number of hydrogen-bond acceptors (Lipinski definition) is 2. The molecule has 2 rings (SSSR count). The van der Waals surface area contributed by atoms with Gasteiger partial charge in [0.25, 0.3) is 0 Å². The summed E-state index contributed by atoms with van der Waals surface area (Å²) in [5.41, 5.74) is 1.15. The average Bonchev–Trinajstić information content (AvgIpc) is 2.30. The highest BCUT2D eigenvalue weighted by molar-refractivity contribution is 14.1. The molecule has 0 amide bonds. The van der Waals surface area contributed by atoms with Crippen LogP contribution in [0.25, 0.3) is 0 Å². The summed E-state index contributed by atoms with van der Waals surface area (Å²) in [5.74, 6) is 0.957. The number of aromatic nitrogens is 1. The lowest BCUT2D eigenvalue weighted by Gasteiger charge is -2.17. The predicted molar refractivity (Wildman–Crippen MR) is 71.5 cm³/mol. The van der Waals surface area contributed by atoms with Crippen LogP contribution >= 0.6 is 22.6 Å². The molecule has 0 atom stereocenters. The van der Waals surface area contributed by atoms with Crippen molar-refractivity contribution >= 4 is 34.1 Å². The van der Waals surface area contributed by atoms with E-state index in [1.807, 2.05) is 25.2 Å². The SMILES string of the molecule is CN(c1ccc(I)cc1)c1ccccn1. The molecule has 0 bridgehead atoms. The Bertz CT molecular complexity index is 425. The fraction of sp³-hybridized carbons (Fsp3) is 0.0833. The maximum absolute atomic E-state index is 4.30. The van der Waals surface area contributed by atoms with E-state index in [2.05, 4.69) is 56.7 Å². The zero-order valence-corrected chi connectivity index (χ0v) is 10.5. The summed E-state index contributed by atoms with van der Waals surface area (Å²) >= 11 is 2.30. The quantitative estimate of drug-likeness (QED) is 0.790. The molecule has 0 aliphatic heterocycles.